The van der Waals surface area contributed by atoms with Crippen LogP contribution in [0.25, 0.3) is 27.7 Å². The van der Waals surface area contributed by atoms with Crippen LogP contribution < -0.4 is 0 Å². The van der Waals surface area contributed by atoms with Crippen LogP contribution in [0.4, 0.5) is 8.78 Å². The van der Waals surface area contributed by atoms with E-state index in [1.165, 1.54) is 11.3 Å². The summed E-state index contributed by atoms with van der Waals surface area (Å²) in [6.07, 6.45) is -0.416. The van der Waals surface area contributed by atoms with Crippen molar-refractivity contribution in [3.63, 3.8) is 0 Å². The highest BCUT2D eigenvalue weighted by molar-refractivity contribution is 7.13. The largest absolute Gasteiger partial charge is 0.461 e. The second-order valence-electron chi connectivity index (χ2n) is 7.55. The van der Waals surface area contributed by atoms with Crippen LogP contribution in [0.3, 0.4) is 0 Å². The minimum atomic E-state index is -2.64. The number of aromatic amines is 1. The first kappa shape index (κ1) is 22.1. The number of alkyl halides is 2. The third kappa shape index (κ3) is 4.55. The molecule has 0 atom stereocenters. The van der Waals surface area contributed by atoms with E-state index in [-0.39, 0.29) is 38.2 Å². The van der Waals surface area contributed by atoms with E-state index in [4.69, 9.17) is 4.74 Å². The van der Waals surface area contributed by atoms with Gasteiger partial charge in [0.05, 0.1) is 6.61 Å². The number of hydrogen-bond acceptors (Lipinski definition) is 7. The molecule has 168 valence electrons. The maximum Gasteiger partial charge on any atom is 0.357 e. The first-order valence-corrected chi connectivity index (χ1v) is 11.1. The number of aromatic nitrogens is 4. The Morgan fingerprint density at radius 1 is 1.31 bits per heavy atom. The van der Waals surface area contributed by atoms with Gasteiger partial charge < -0.3 is 9.64 Å². The molecule has 1 fully saturated rings. The number of carbonyl (C=O) groups is 1. The lowest BCUT2D eigenvalue weighted by atomic mass is 9.99. The van der Waals surface area contributed by atoms with Crippen molar-refractivity contribution in [3.05, 3.63) is 47.2 Å². The Morgan fingerprint density at radius 2 is 2.06 bits per heavy atom. The van der Waals surface area contributed by atoms with Gasteiger partial charge in [-0.1, -0.05) is 18.7 Å². The van der Waals surface area contributed by atoms with Gasteiger partial charge in [-0.15, -0.1) is 11.3 Å². The lowest BCUT2D eigenvalue weighted by Crippen LogP contribution is -2.38. The summed E-state index contributed by atoms with van der Waals surface area (Å²) in [6, 6.07) is 5.62. The highest BCUT2D eigenvalue weighted by Crippen LogP contribution is 2.37. The zero-order chi connectivity index (χ0) is 22.9. The zero-order valence-electron chi connectivity index (χ0n) is 17.8. The average molecular weight is 460 g/mol. The maximum atomic E-state index is 13.6. The maximum absolute atomic E-state index is 13.6. The minimum absolute atomic E-state index is 0.208. The number of hydrogen-bond donors (Lipinski definition) is 1. The molecule has 2 aromatic heterocycles. The molecule has 10 heteroatoms. The summed E-state index contributed by atoms with van der Waals surface area (Å²) in [4.78, 5) is 22.8. The molecule has 0 amide bonds. The fourth-order valence-corrected chi connectivity index (χ4v) is 4.37. The van der Waals surface area contributed by atoms with Crippen LogP contribution in [-0.4, -0.2) is 56.7 Å². The van der Waals surface area contributed by atoms with Crippen LogP contribution in [0.1, 0.15) is 41.6 Å². The monoisotopic (exact) mass is 459 g/mol. The molecule has 0 bridgehead atoms. The molecule has 1 N–H and O–H groups in total. The Kier molecular flexibility index (Phi) is 6.05. The quantitative estimate of drug-likeness (QED) is 0.534. The number of likely N-dealkylation sites (tertiary alicyclic amines) is 1. The molecule has 0 saturated carbocycles. The number of rotatable bonds is 6. The molecule has 4 rings (SSSR count). The predicted octanol–water partition coefficient (Wildman–Crippen LogP) is 4.78. The Labute approximate surface area is 188 Å². The number of thiazole rings is 1. The molecule has 0 unspecified atom stereocenters. The number of piperidine rings is 1. The third-order valence-electron chi connectivity index (χ3n) is 5.28. The molecule has 32 heavy (non-hydrogen) atoms. The Morgan fingerprint density at radius 3 is 2.72 bits per heavy atom. The van der Waals surface area contributed by atoms with Gasteiger partial charge in [0.25, 0.3) is 5.92 Å². The van der Waals surface area contributed by atoms with Gasteiger partial charge in [0, 0.05) is 53.7 Å². The summed E-state index contributed by atoms with van der Waals surface area (Å²) in [5, 5.41) is 9.28. The number of aryl methyl sites for hydroxylation is 1. The summed E-state index contributed by atoms with van der Waals surface area (Å²) in [5.74, 6) is -1.92. The SMILES string of the molecule is C=C(c1ccc(-c2n[nH]c(C)n2)cc1-c1nc(C(=O)OCC)cs1)N1CCC(F)(F)CC1. The molecule has 1 aliphatic rings. The number of carbonyl (C=O) groups excluding carboxylic acids is 1. The first-order valence-electron chi connectivity index (χ1n) is 10.3. The van der Waals surface area contributed by atoms with Crippen LogP contribution >= 0.6 is 11.3 Å². The predicted molar refractivity (Wildman–Crippen MR) is 118 cm³/mol. The zero-order valence-corrected chi connectivity index (χ0v) is 18.6. The van der Waals surface area contributed by atoms with Crippen LogP contribution in [-0.2, 0) is 4.74 Å². The van der Waals surface area contributed by atoms with Gasteiger partial charge in [-0.05, 0) is 19.9 Å². The number of halogens is 2. The average Bonchev–Trinajstić information content (AvgIpc) is 3.43. The van der Waals surface area contributed by atoms with Gasteiger partial charge in [-0.2, -0.15) is 5.10 Å². The molecule has 0 aliphatic carbocycles. The topological polar surface area (TPSA) is 84.0 Å². The normalized spacial score (nSPS) is 15.6. The Bertz CT molecular complexity index is 1150. The second-order valence-corrected chi connectivity index (χ2v) is 8.41. The van der Waals surface area contributed by atoms with E-state index in [0.29, 0.717) is 22.4 Å². The minimum Gasteiger partial charge on any atom is -0.461 e. The van der Waals surface area contributed by atoms with Crippen LogP contribution in [0.15, 0.2) is 30.2 Å². The van der Waals surface area contributed by atoms with Crippen molar-refractivity contribution in [2.24, 2.45) is 0 Å². The van der Waals surface area contributed by atoms with E-state index in [9.17, 15) is 13.6 Å². The van der Waals surface area contributed by atoms with E-state index in [1.807, 2.05) is 30.0 Å². The van der Waals surface area contributed by atoms with E-state index in [0.717, 1.165) is 16.7 Å². The molecular formula is C22H23F2N5O2S. The molecule has 1 saturated heterocycles. The van der Waals surface area contributed by atoms with Crippen molar-refractivity contribution < 1.29 is 18.3 Å². The van der Waals surface area contributed by atoms with Crippen molar-refractivity contribution in [2.45, 2.75) is 32.6 Å². The summed E-state index contributed by atoms with van der Waals surface area (Å²) >= 11 is 1.30. The summed E-state index contributed by atoms with van der Waals surface area (Å²) in [5.41, 5.74) is 3.11. The lowest BCUT2D eigenvalue weighted by molar-refractivity contribution is -0.0450. The molecule has 3 heterocycles. The van der Waals surface area contributed by atoms with Crippen molar-refractivity contribution in [1.29, 1.82) is 0 Å². The summed E-state index contributed by atoms with van der Waals surface area (Å²) in [6.45, 7) is 8.43. The van der Waals surface area contributed by atoms with Crippen LogP contribution in [0, 0.1) is 6.92 Å². The van der Waals surface area contributed by atoms with Crippen LogP contribution in [0.5, 0.6) is 0 Å². The highest BCUT2D eigenvalue weighted by Gasteiger charge is 2.35. The number of esters is 1. The fourth-order valence-electron chi connectivity index (χ4n) is 3.55. The van der Waals surface area contributed by atoms with Gasteiger partial charge in [-0.3, -0.25) is 5.10 Å². The second kappa shape index (κ2) is 8.78. The molecule has 1 aliphatic heterocycles. The third-order valence-corrected chi connectivity index (χ3v) is 6.16. The number of benzene rings is 1. The molecular weight excluding hydrogens is 436 g/mol. The number of H-pyrrole nitrogens is 1. The van der Waals surface area contributed by atoms with Crippen molar-refractivity contribution in [3.8, 4) is 22.0 Å². The molecule has 7 nitrogen and oxygen atoms in total. The number of nitrogens with zero attached hydrogens (tertiary/aromatic N) is 4. The molecule has 0 spiro atoms. The van der Waals surface area contributed by atoms with Crippen LogP contribution in [0.2, 0.25) is 0 Å². The van der Waals surface area contributed by atoms with Gasteiger partial charge in [0.1, 0.15) is 10.8 Å². The van der Waals surface area contributed by atoms with Gasteiger partial charge in [0.15, 0.2) is 11.5 Å². The van der Waals surface area contributed by atoms with E-state index in [1.54, 1.807) is 12.3 Å². The summed E-state index contributed by atoms with van der Waals surface area (Å²) < 4.78 is 32.3. The number of nitrogens with one attached hydrogen (secondary N) is 1. The highest BCUT2D eigenvalue weighted by atomic mass is 32.1. The summed E-state index contributed by atoms with van der Waals surface area (Å²) in [7, 11) is 0. The van der Waals surface area contributed by atoms with Crippen molar-refractivity contribution in [1.82, 2.24) is 25.1 Å². The lowest BCUT2D eigenvalue weighted by Gasteiger charge is -2.35. The Balaban J connectivity index is 1.73. The standard InChI is InChI=1S/C22H23F2N5O2S/c1-4-31-21(30)18-12-32-20(26-18)17-11-15(19-25-14(3)27-28-19)5-6-16(17)13(2)29-9-7-22(23,24)8-10-29/h5-6,11-12H,2,4,7-10H2,1,3H3,(H,25,27,28). The first-order chi connectivity index (χ1) is 15.3. The van der Waals surface area contributed by atoms with E-state index in [2.05, 4.69) is 26.7 Å². The molecule has 3 aromatic rings. The fraction of sp³-hybridized carbons (Fsp3) is 0.364. The smallest absolute Gasteiger partial charge is 0.357 e. The van der Waals surface area contributed by atoms with Gasteiger partial charge in [0.2, 0.25) is 0 Å². The van der Waals surface area contributed by atoms with E-state index >= 15 is 0 Å². The molecule has 0 radical (unpaired) electrons. The van der Waals surface area contributed by atoms with Crippen molar-refractivity contribution in [2.75, 3.05) is 19.7 Å². The van der Waals surface area contributed by atoms with E-state index < -0.39 is 11.9 Å². The van der Waals surface area contributed by atoms with Gasteiger partial charge >= 0.3 is 5.97 Å². The van der Waals surface area contributed by atoms with Crippen molar-refractivity contribution >= 4 is 23.0 Å². The number of ether oxygens (including phenoxy) is 1. The molecule has 1 aromatic carbocycles. The Hall–Kier alpha value is -3.14. The van der Waals surface area contributed by atoms with Gasteiger partial charge in [-0.25, -0.2) is 23.5 Å².